The minimum Gasteiger partial charge on any atom is -0.480 e. The van der Waals surface area contributed by atoms with Crippen molar-refractivity contribution in [3.63, 3.8) is 0 Å². The van der Waals surface area contributed by atoms with Crippen molar-refractivity contribution in [2.75, 3.05) is 13.1 Å². The average molecular weight is 236 g/mol. The number of rotatable bonds is 5. The summed E-state index contributed by atoms with van der Waals surface area (Å²) in [7, 11) is -3.61. The third-order valence-electron chi connectivity index (χ3n) is 2.33. The van der Waals surface area contributed by atoms with Crippen molar-refractivity contribution < 1.29 is 18.3 Å². The molecule has 0 aromatic heterocycles. The van der Waals surface area contributed by atoms with E-state index in [2.05, 4.69) is 4.72 Å². The Kier molecular flexibility index (Phi) is 4.06. The van der Waals surface area contributed by atoms with Crippen LogP contribution >= 0.6 is 0 Å². The van der Waals surface area contributed by atoms with Crippen LogP contribution in [0.5, 0.6) is 0 Å². The number of hydrogen-bond acceptors (Lipinski definition) is 3. The molecule has 7 heteroatoms. The number of carboxylic acid groups (broad SMARTS) is 1. The van der Waals surface area contributed by atoms with E-state index < -0.39 is 22.2 Å². The zero-order valence-corrected chi connectivity index (χ0v) is 9.46. The lowest BCUT2D eigenvalue weighted by atomic mass is 10.2. The second-order valence-corrected chi connectivity index (χ2v) is 5.21. The van der Waals surface area contributed by atoms with Crippen LogP contribution in [0.15, 0.2) is 0 Å². The summed E-state index contributed by atoms with van der Waals surface area (Å²) < 4.78 is 26.7. The van der Waals surface area contributed by atoms with Gasteiger partial charge in [0.15, 0.2) is 0 Å². The van der Waals surface area contributed by atoms with Crippen LogP contribution in [-0.4, -0.2) is 42.9 Å². The van der Waals surface area contributed by atoms with Crippen molar-refractivity contribution in [2.45, 2.75) is 32.2 Å². The Morgan fingerprint density at radius 2 is 2.27 bits per heavy atom. The first-order valence-corrected chi connectivity index (χ1v) is 6.42. The molecule has 0 aliphatic carbocycles. The van der Waals surface area contributed by atoms with Crippen LogP contribution in [0.2, 0.25) is 0 Å². The molecular formula is C8H16N2O4S. The van der Waals surface area contributed by atoms with Crippen molar-refractivity contribution in [3.8, 4) is 0 Å². The maximum atomic E-state index is 11.7. The molecule has 0 saturated carbocycles. The molecule has 0 spiro atoms. The standard InChI is InChI=1S/C8H16N2O4S/c1-2-5-9-15(13,14)10-6-3-4-7(10)8(11)12/h7,9H,2-6H2,1H3,(H,11,12). The Bertz CT molecular complexity index is 328. The van der Waals surface area contributed by atoms with E-state index in [1.807, 2.05) is 6.92 Å². The molecule has 1 aliphatic heterocycles. The van der Waals surface area contributed by atoms with E-state index in [1.54, 1.807) is 0 Å². The van der Waals surface area contributed by atoms with Gasteiger partial charge >= 0.3 is 5.97 Å². The van der Waals surface area contributed by atoms with Crippen LogP contribution in [0.25, 0.3) is 0 Å². The summed E-state index contributed by atoms with van der Waals surface area (Å²) in [6.07, 6.45) is 1.68. The number of nitrogens with one attached hydrogen (secondary N) is 1. The van der Waals surface area contributed by atoms with E-state index in [9.17, 15) is 13.2 Å². The van der Waals surface area contributed by atoms with E-state index >= 15 is 0 Å². The highest BCUT2D eigenvalue weighted by Crippen LogP contribution is 2.20. The summed E-state index contributed by atoms with van der Waals surface area (Å²) in [4.78, 5) is 10.8. The normalized spacial score (nSPS) is 23.1. The highest BCUT2D eigenvalue weighted by atomic mass is 32.2. The quantitative estimate of drug-likeness (QED) is 0.691. The Morgan fingerprint density at radius 3 is 2.80 bits per heavy atom. The van der Waals surface area contributed by atoms with Crippen LogP contribution in [0.4, 0.5) is 0 Å². The van der Waals surface area contributed by atoms with Crippen LogP contribution in [0.3, 0.4) is 0 Å². The maximum absolute atomic E-state index is 11.7. The van der Waals surface area contributed by atoms with Crippen LogP contribution in [0, 0.1) is 0 Å². The molecule has 1 atom stereocenters. The third-order valence-corrected chi connectivity index (χ3v) is 3.96. The van der Waals surface area contributed by atoms with E-state index in [0.29, 0.717) is 25.8 Å². The largest absolute Gasteiger partial charge is 0.480 e. The molecule has 1 aliphatic rings. The fourth-order valence-electron chi connectivity index (χ4n) is 1.59. The fraction of sp³-hybridized carbons (Fsp3) is 0.875. The molecule has 15 heavy (non-hydrogen) atoms. The SMILES string of the molecule is CCCNS(=O)(=O)N1CCCC1C(=O)O. The summed E-state index contributed by atoms with van der Waals surface area (Å²) >= 11 is 0. The van der Waals surface area contributed by atoms with Crippen molar-refractivity contribution in [3.05, 3.63) is 0 Å². The van der Waals surface area contributed by atoms with Gasteiger partial charge in [-0.05, 0) is 19.3 Å². The summed E-state index contributed by atoms with van der Waals surface area (Å²) in [5, 5.41) is 8.84. The van der Waals surface area contributed by atoms with Gasteiger partial charge in [-0.25, -0.2) is 4.72 Å². The number of hydrogen-bond donors (Lipinski definition) is 2. The zero-order chi connectivity index (χ0) is 11.5. The number of carboxylic acids is 1. The summed E-state index contributed by atoms with van der Waals surface area (Å²) in [6.45, 7) is 2.47. The van der Waals surface area contributed by atoms with Gasteiger partial charge in [-0.1, -0.05) is 6.92 Å². The molecule has 0 radical (unpaired) electrons. The molecule has 6 nitrogen and oxygen atoms in total. The number of nitrogens with zero attached hydrogens (tertiary/aromatic N) is 1. The summed E-state index contributed by atoms with van der Waals surface area (Å²) in [6, 6.07) is -0.903. The molecule has 0 aromatic carbocycles. The van der Waals surface area contributed by atoms with E-state index in [0.717, 1.165) is 4.31 Å². The van der Waals surface area contributed by atoms with Crippen molar-refractivity contribution >= 4 is 16.2 Å². The molecule has 1 unspecified atom stereocenters. The van der Waals surface area contributed by atoms with E-state index in [4.69, 9.17) is 5.11 Å². The van der Waals surface area contributed by atoms with Gasteiger partial charge in [0.05, 0.1) is 0 Å². The third kappa shape index (κ3) is 2.90. The summed E-state index contributed by atoms with van der Waals surface area (Å²) in [5.74, 6) is -1.07. The van der Waals surface area contributed by atoms with Crippen molar-refractivity contribution in [1.82, 2.24) is 9.03 Å². The molecule has 1 fully saturated rings. The topological polar surface area (TPSA) is 86.7 Å². The van der Waals surface area contributed by atoms with Gasteiger partial charge in [0, 0.05) is 13.1 Å². The van der Waals surface area contributed by atoms with E-state index in [-0.39, 0.29) is 6.54 Å². The first kappa shape index (κ1) is 12.4. The van der Waals surface area contributed by atoms with Crippen LogP contribution < -0.4 is 4.72 Å². The van der Waals surface area contributed by atoms with Gasteiger partial charge in [-0.3, -0.25) is 4.79 Å². The summed E-state index contributed by atoms with van der Waals surface area (Å²) in [5.41, 5.74) is 0. The second-order valence-electron chi connectivity index (χ2n) is 3.51. The lowest BCUT2D eigenvalue weighted by Gasteiger charge is -2.20. The maximum Gasteiger partial charge on any atom is 0.322 e. The van der Waals surface area contributed by atoms with Crippen LogP contribution in [0.1, 0.15) is 26.2 Å². The van der Waals surface area contributed by atoms with Crippen molar-refractivity contribution in [2.24, 2.45) is 0 Å². The molecular weight excluding hydrogens is 220 g/mol. The number of carbonyl (C=O) groups is 1. The minimum absolute atomic E-state index is 0.288. The Balaban J connectivity index is 2.73. The molecule has 0 bridgehead atoms. The van der Waals surface area contributed by atoms with Gasteiger partial charge in [0.25, 0.3) is 10.2 Å². The average Bonchev–Trinajstić information content (AvgIpc) is 2.63. The lowest BCUT2D eigenvalue weighted by molar-refractivity contribution is -0.140. The van der Waals surface area contributed by atoms with Gasteiger partial charge in [-0.2, -0.15) is 12.7 Å². The fourth-order valence-corrected chi connectivity index (χ4v) is 3.12. The second kappa shape index (κ2) is 4.91. The number of aliphatic carboxylic acids is 1. The molecule has 1 rings (SSSR count). The lowest BCUT2D eigenvalue weighted by Crippen LogP contribution is -2.46. The van der Waals surface area contributed by atoms with Gasteiger partial charge in [0.2, 0.25) is 0 Å². The van der Waals surface area contributed by atoms with Crippen molar-refractivity contribution in [1.29, 1.82) is 0 Å². The van der Waals surface area contributed by atoms with E-state index in [1.165, 1.54) is 0 Å². The Labute approximate surface area is 89.4 Å². The van der Waals surface area contributed by atoms with Gasteiger partial charge < -0.3 is 5.11 Å². The zero-order valence-electron chi connectivity index (χ0n) is 8.64. The first-order chi connectivity index (χ1) is 6.99. The Hall–Kier alpha value is -0.660. The minimum atomic E-state index is -3.61. The molecule has 1 saturated heterocycles. The molecule has 88 valence electrons. The molecule has 0 aromatic rings. The Morgan fingerprint density at radius 1 is 1.60 bits per heavy atom. The monoisotopic (exact) mass is 236 g/mol. The van der Waals surface area contributed by atoms with Gasteiger partial charge in [-0.15, -0.1) is 0 Å². The molecule has 2 N–H and O–H groups in total. The van der Waals surface area contributed by atoms with Crippen LogP contribution in [-0.2, 0) is 15.0 Å². The van der Waals surface area contributed by atoms with Gasteiger partial charge in [0.1, 0.15) is 6.04 Å². The molecule has 0 amide bonds. The highest BCUT2D eigenvalue weighted by Gasteiger charge is 2.38. The highest BCUT2D eigenvalue weighted by molar-refractivity contribution is 7.87. The predicted molar refractivity (Wildman–Crippen MR) is 54.6 cm³/mol. The predicted octanol–water partition coefficient (Wildman–Crippen LogP) is -0.220. The molecule has 1 heterocycles. The smallest absolute Gasteiger partial charge is 0.322 e. The first-order valence-electron chi connectivity index (χ1n) is 4.98.